The number of nitrogens with zero attached hydrogens (tertiary/aromatic N) is 1. The number of carbonyl (C=O) groups is 3. The van der Waals surface area contributed by atoms with Crippen molar-refractivity contribution in [1.82, 2.24) is 10.2 Å². The lowest BCUT2D eigenvalue weighted by Crippen LogP contribution is -2.69. The number of carbonyl (C=O) groups excluding carboxylic acids is 1. The fourth-order valence-electron chi connectivity index (χ4n) is 4.06. The zero-order valence-corrected chi connectivity index (χ0v) is 16.7. The van der Waals surface area contributed by atoms with Crippen LogP contribution in [0, 0.1) is 5.82 Å². The lowest BCUT2D eigenvalue weighted by atomic mass is 9.73. The number of carboxylic acids is 1. The highest BCUT2D eigenvalue weighted by atomic mass is 19.1. The topological polar surface area (TPSA) is 136 Å². The van der Waals surface area contributed by atoms with Crippen LogP contribution >= 0.6 is 0 Å². The van der Waals surface area contributed by atoms with Gasteiger partial charge in [-0.25, -0.2) is 4.39 Å². The van der Waals surface area contributed by atoms with Crippen molar-refractivity contribution >= 4 is 18.3 Å². The molecular weight excluding hydrogens is 399 g/mol. The van der Waals surface area contributed by atoms with E-state index in [2.05, 4.69) is 5.32 Å². The molecule has 2 atom stereocenters. The van der Waals surface area contributed by atoms with Gasteiger partial charge in [-0.2, -0.15) is 0 Å². The van der Waals surface area contributed by atoms with Crippen LogP contribution in [0.1, 0.15) is 36.5 Å². The first-order valence-corrected chi connectivity index (χ1v) is 9.58. The van der Waals surface area contributed by atoms with E-state index in [1.165, 1.54) is 18.2 Å². The summed E-state index contributed by atoms with van der Waals surface area (Å²) in [7, 11) is 0. The Hall–Kier alpha value is -2.56. The molecule has 9 nitrogen and oxygen atoms in total. The van der Waals surface area contributed by atoms with Crippen molar-refractivity contribution in [2.45, 2.75) is 43.4 Å². The van der Waals surface area contributed by atoms with Crippen molar-refractivity contribution < 1.29 is 38.8 Å². The van der Waals surface area contributed by atoms with Crippen LogP contribution in [-0.2, 0) is 14.3 Å². The Balaban J connectivity index is 0.00000101. The number of ether oxygens (including phenoxy) is 1. The molecule has 0 radical (unpaired) electrons. The lowest BCUT2D eigenvalue weighted by molar-refractivity contribution is -0.205. The molecule has 3 rings (SSSR count). The Morgan fingerprint density at radius 1 is 1.30 bits per heavy atom. The number of benzene rings is 1. The molecule has 0 aliphatic carbocycles. The van der Waals surface area contributed by atoms with Crippen molar-refractivity contribution in [3.8, 4) is 0 Å². The van der Waals surface area contributed by atoms with Gasteiger partial charge in [-0.3, -0.25) is 19.3 Å². The second kappa shape index (κ2) is 9.96. The predicted molar refractivity (Wildman–Crippen MR) is 104 cm³/mol. The Morgan fingerprint density at radius 3 is 2.47 bits per heavy atom. The predicted octanol–water partition coefficient (Wildman–Crippen LogP) is 0.715. The minimum Gasteiger partial charge on any atom is -0.483 e. The summed E-state index contributed by atoms with van der Waals surface area (Å²) in [6.45, 7) is 2.77. The van der Waals surface area contributed by atoms with E-state index in [-0.39, 0.29) is 18.6 Å². The molecular formula is C20H27FN2O7. The summed E-state index contributed by atoms with van der Waals surface area (Å²) in [5, 5.41) is 29.7. The summed E-state index contributed by atoms with van der Waals surface area (Å²) in [5.41, 5.74) is -1.88. The van der Waals surface area contributed by atoms with E-state index in [0.717, 1.165) is 0 Å². The molecule has 1 amide bonds. The second-order valence-corrected chi connectivity index (χ2v) is 7.69. The molecule has 2 saturated heterocycles. The van der Waals surface area contributed by atoms with Crippen LogP contribution in [0.25, 0.3) is 0 Å². The quantitative estimate of drug-likeness (QED) is 0.517. The van der Waals surface area contributed by atoms with Gasteiger partial charge in [0.2, 0.25) is 0 Å². The van der Waals surface area contributed by atoms with E-state index < -0.39 is 34.9 Å². The number of nitrogens with one attached hydrogen (secondary N) is 1. The molecule has 1 spiro atoms. The van der Waals surface area contributed by atoms with Crippen molar-refractivity contribution in [2.75, 3.05) is 26.2 Å². The molecule has 2 aliphatic heterocycles. The highest BCUT2D eigenvalue weighted by Gasteiger charge is 2.53. The minimum absolute atomic E-state index is 0.0482. The Morgan fingerprint density at radius 2 is 1.90 bits per heavy atom. The molecule has 4 N–H and O–H groups in total. The van der Waals surface area contributed by atoms with Crippen molar-refractivity contribution in [3.63, 3.8) is 0 Å². The molecule has 2 heterocycles. The van der Waals surface area contributed by atoms with Crippen LogP contribution in [0.2, 0.25) is 0 Å². The van der Waals surface area contributed by atoms with Crippen LogP contribution in [0.3, 0.4) is 0 Å². The summed E-state index contributed by atoms with van der Waals surface area (Å²) < 4.78 is 19.8. The van der Waals surface area contributed by atoms with Crippen LogP contribution in [-0.4, -0.2) is 82.1 Å². The van der Waals surface area contributed by atoms with Crippen molar-refractivity contribution in [1.29, 1.82) is 0 Å². The van der Waals surface area contributed by atoms with E-state index in [0.29, 0.717) is 39.0 Å². The number of halogens is 1. The van der Waals surface area contributed by atoms with Crippen molar-refractivity contribution in [3.05, 3.63) is 35.6 Å². The highest BCUT2D eigenvalue weighted by molar-refractivity contribution is 5.95. The van der Waals surface area contributed by atoms with Crippen LogP contribution in [0.4, 0.5) is 4.39 Å². The molecule has 2 aliphatic rings. The number of piperidine rings is 1. The second-order valence-electron chi connectivity index (χ2n) is 7.69. The first-order valence-electron chi connectivity index (χ1n) is 9.58. The third kappa shape index (κ3) is 5.32. The molecule has 1 aromatic carbocycles. The Kier molecular flexibility index (Phi) is 7.88. The van der Waals surface area contributed by atoms with E-state index in [9.17, 15) is 19.1 Å². The van der Waals surface area contributed by atoms with Crippen LogP contribution in [0.15, 0.2) is 24.3 Å². The van der Waals surface area contributed by atoms with Gasteiger partial charge in [0, 0.05) is 19.7 Å². The lowest BCUT2D eigenvalue weighted by Gasteiger charge is -2.53. The van der Waals surface area contributed by atoms with Gasteiger partial charge in [-0.05, 0) is 38.3 Å². The summed E-state index contributed by atoms with van der Waals surface area (Å²) in [6, 6.07) is 5.72. The number of amides is 1. The number of carboxylic acid groups (broad SMARTS) is 2. The average molecular weight is 426 g/mol. The number of aliphatic hydroxyl groups is 1. The van der Waals surface area contributed by atoms with Crippen LogP contribution < -0.4 is 5.32 Å². The fourth-order valence-corrected chi connectivity index (χ4v) is 4.06. The number of rotatable bonds is 4. The first kappa shape index (κ1) is 23.7. The maximum atomic E-state index is 13.9. The molecule has 0 unspecified atom stereocenters. The zero-order chi connectivity index (χ0) is 22.4. The van der Waals surface area contributed by atoms with E-state index in [1.807, 2.05) is 0 Å². The number of aliphatic carboxylic acids is 1. The smallest absolute Gasteiger partial charge is 0.317 e. The third-order valence-electron chi connectivity index (χ3n) is 5.69. The normalized spacial score (nSPS) is 25.6. The van der Waals surface area contributed by atoms with Crippen LogP contribution in [0.5, 0.6) is 0 Å². The van der Waals surface area contributed by atoms with Gasteiger partial charge < -0.3 is 25.4 Å². The molecule has 30 heavy (non-hydrogen) atoms. The van der Waals surface area contributed by atoms with E-state index in [1.54, 1.807) is 17.9 Å². The average Bonchev–Trinajstić information content (AvgIpc) is 2.68. The van der Waals surface area contributed by atoms with E-state index in [4.69, 9.17) is 19.7 Å². The minimum atomic E-state index is -0.985. The van der Waals surface area contributed by atoms with Crippen molar-refractivity contribution in [2.24, 2.45) is 0 Å². The molecule has 10 heteroatoms. The van der Waals surface area contributed by atoms with Gasteiger partial charge in [-0.15, -0.1) is 0 Å². The van der Waals surface area contributed by atoms with Gasteiger partial charge in [0.25, 0.3) is 12.4 Å². The number of hydrogen-bond acceptors (Lipinski definition) is 6. The van der Waals surface area contributed by atoms with Gasteiger partial charge in [-0.1, -0.05) is 12.1 Å². The molecule has 0 bridgehead atoms. The summed E-state index contributed by atoms with van der Waals surface area (Å²) in [6.07, 6.45) is 0.343. The number of likely N-dealkylation sites (tertiary alicyclic amines) is 1. The van der Waals surface area contributed by atoms with Gasteiger partial charge in [0.15, 0.2) is 0 Å². The number of aliphatic hydroxyl groups excluding tert-OH is 1. The first-order chi connectivity index (χ1) is 14.2. The molecule has 2 fully saturated rings. The monoisotopic (exact) mass is 426 g/mol. The fraction of sp³-hybridized carbons (Fsp3) is 0.550. The maximum absolute atomic E-state index is 13.9. The van der Waals surface area contributed by atoms with Gasteiger partial charge in [0.1, 0.15) is 11.9 Å². The SMILES string of the molecule is C[C@@]1(NC(=O)c2ccccc2F)CCOC2(CCN(CC(=O)O)CC2)[C@H]1O.O=CO. The molecule has 0 saturated carbocycles. The summed E-state index contributed by atoms with van der Waals surface area (Å²) >= 11 is 0. The summed E-state index contributed by atoms with van der Waals surface area (Å²) in [4.78, 5) is 33.6. The third-order valence-corrected chi connectivity index (χ3v) is 5.69. The standard InChI is InChI=1S/C19H25FN2O5.CH2O2/c1-18(21-16(25)13-4-2-3-5-14(13)20)8-11-27-19(17(18)26)6-9-22(10-7-19)12-15(23)24;2-1-3/h2-5,17,26H,6-12H2,1H3,(H,21,25)(H,23,24);1H,(H,2,3)/t17-,18+;/m0./s1. The number of hydrogen-bond donors (Lipinski definition) is 4. The summed E-state index contributed by atoms with van der Waals surface area (Å²) in [5.74, 6) is -2.08. The largest absolute Gasteiger partial charge is 0.483 e. The molecule has 0 aromatic heterocycles. The maximum Gasteiger partial charge on any atom is 0.317 e. The van der Waals surface area contributed by atoms with E-state index >= 15 is 0 Å². The van der Waals surface area contributed by atoms with Gasteiger partial charge >= 0.3 is 5.97 Å². The zero-order valence-electron chi connectivity index (χ0n) is 16.7. The van der Waals surface area contributed by atoms with Gasteiger partial charge in [0.05, 0.1) is 23.2 Å². The highest BCUT2D eigenvalue weighted by Crippen LogP contribution is 2.40. The molecule has 1 aromatic rings. The Labute approximate surface area is 173 Å². The Bertz CT molecular complexity index is 767. The molecule has 166 valence electrons.